The Morgan fingerprint density at radius 1 is 1.57 bits per heavy atom. The van der Waals surface area contributed by atoms with Crippen LogP contribution < -0.4 is 0 Å². The molecule has 0 aromatic carbocycles. The fraction of sp³-hybridized carbons (Fsp3) is 1.00. The van der Waals surface area contributed by atoms with Crippen LogP contribution >= 0.6 is 23.7 Å². The summed E-state index contributed by atoms with van der Waals surface area (Å²) >= 11 is 8.53. The van der Waals surface area contributed by atoms with Crippen molar-refractivity contribution in [2.45, 2.75) is 6.92 Å². The van der Waals surface area contributed by atoms with Gasteiger partial charge in [-0.3, -0.25) is 0 Å². The minimum Gasteiger partial charge on any atom is -0.397 e. The molecule has 0 spiro atoms. The van der Waals surface area contributed by atoms with Gasteiger partial charge < -0.3 is 5.11 Å². The van der Waals surface area contributed by atoms with Gasteiger partial charge in [-0.05, 0) is 6.92 Å². The van der Waals surface area contributed by atoms with Gasteiger partial charge in [-0.25, -0.2) is 0 Å². The third-order valence-corrected chi connectivity index (χ3v) is 0. The Hall–Kier alpha value is 1.37. The van der Waals surface area contributed by atoms with Crippen molar-refractivity contribution in [3.8, 4) is 0 Å². The molecule has 0 unspecified atom stereocenters. The molecular formula is C2H6Cl2HfO2. The van der Waals surface area contributed by atoms with E-state index in [1.54, 1.807) is 6.92 Å². The largest absolute Gasteiger partial charge is 0.397 e. The van der Waals surface area contributed by atoms with E-state index in [2.05, 4.69) is 27.6 Å². The second-order valence-electron chi connectivity index (χ2n) is 0.375. The smallest absolute Gasteiger partial charge is 0.0832 e. The van der Waals surface area contributed by atoms with Crippen molar-refractivity contribution < 1.29 is 34.8 Å². The maximum absolute atomic E-state index is 7.57. The summed E-state index contributed by atoms with van der Waals surface area (Å²) in [7, 11) is 0. The zero-order valence-electron chi connectivity index (χ0n) is 3.82. The molecule has 0 aliphatic rings. The van der Waals surface area contributed by atoms with E-state index in [1.165, 1.54) is 0 Å². The minimum atomic E-state index is 0. The van der Waals surface area contributed by atoms with Gasteiger partial charge >= 0.3 is 0 Å². The van der Waals surface area contributed by atoms with Gasteiger partial charge in [0, 0.05) is 32.5 Å². The SMILES string of the molecule is CCO.ClOCl.[Hf]. The van der Waals surface area contributed by atoms with Gasteiger partial charge in [0.2, 0.25) is 0 Å². The molecule has 0 amide bonds. The van der Waals surface area contributed by atoms with Crippen LogP contribution in [-0.4, -0.2) is 11.7 Å². The predicted octanol–water partition coefficient (Wildman–Crippen LogP) is 1.31. The molecule has 0 bridgehead atoms. The number of rotatable bonds is 0. The van der Waals surface area contributed by atoms with E-state index in [0.29, 0.717) is 0 Å². The average Bonchev–Trinajstić information content (AvgIpc) is 1.39. The predicted molar refractivity (Wildman–Crippen MR) is 25.6 cm³/mol. The van der Waals surface area contributed by atoms with Gasteiger partial charge in [0.15, 0.2) is 0 Å². The van der Waals surface area contributed by atoms with Crippen molar-refractivity contribution in [1.29, 1.82) is 0 Å². The van der Waals surface area contributed by atoms with Crippen LogP contribution in [0.5, 0.6) is 0 Å². The normalized spacial score (nSPS) is 5.14. The molecular weight excluding hydrogens is 305 g/mol. The molecule has 7 heavy (non-hydrogen) atoms. The Morgan fingerprint density at radius 2 is 1.57 bits per heavy atom. The second-order valence-corrected chi connectivity index (χ2v) is 0.841. The standard InChI is InChI=1S/C2H6O.Cl2O.Hf/c1-2-3;1-3-2;/h3H,2H2,1H3;;. The first-order valence-electron chi connectivity index (χ1n) is 1.33. The maximum atomic E-state index is 7.57. The Bertz CT molecular complexity index is 15.7. The molecule has 0 aliphatic carbocycles. The van der Waals surface area contributed by atoms with E-state index < -0.39 is 0 Å². The van der Waals surface area contributed by atoms with E-state index in [9.17, 15) is 0 Å². The molecule has 5 heteroatoms. The fourth-order valence-corrected chi connectivity index (χ4v) is 0. The molecule has 0 saturated carbocycles. The van der Waals surface area contributed by atoms with E-state index >= 15 is 0 Å². The van der Waals surface area contributed by atoms with Crippen LogP contribution in [0.25, 0.3) is 0 Å². The van der Waals surface area contributed by atoms with Gasteiger partial charge in [0.25, 0.3) is 0 Å². The molecule has 1 N–H and O–H groups in total. The molecule has 0 aromatic rings. The molecule has 0 aromatic heterocycles. The first kappa shape index (κ1) is 15.8. The molecule has 2 nitrogen and oxygen atoms in total. The van der Waals surface area contributed by atoms with E-state index in [0.717, 1.165) is 0 Å². The van der Waals surface area contributed by atoms with Gasteiger partial charge in [0.05, 0.1) is 23.7 Å². The average molecular weight is 311 g/mol. The summed E-state index contributed by atoms with van der Waals surface area (Å²) in [6.07, 6.45) is 0. The van der Waals surface area contributed by atoms with Crippen LogP contribution in [0.3, 0.4) is 0 Å². The molecule has 0 fully saturated rings. The van der Waals surface area contributed by atoms with Gasteiger partial charge in [0.1, 0.15) is 0 Å². The monoisotopic (exact) mass is 312 g/mol. The summed E-state index contributed by atoms with van der Waals surface area (Å²) in [5.74, 6) is 0. The number of halogens is 2. The van der Waals surface area contributed by atoms with Crippen LogP contribution in [0.2, 0.25) is 0 Å². The molecule has 0 aliphatic heterocycles. The van der Waals surface area contributed by atoms with Crippen molar-refractivity contribution in [2.24, 2.45) is 0 Å². The van der Waals surface area contributed by atoms with Gasteiger partial charge in [-0.1, -0.05) is 0 Å². The number of aliphatic hydroxyl groups excluding tert-OH is 1. The first-order chi connectivity index (χ1) is 2.83. The van der Waals surface area contributed by atoms with Crippen LogP contribution in [0.4, 0.5) is 0 Å². The van der Waals surface area contributed by atoms with Crippen LogP contribution in [0.1, 0.15) is 6.92 Å². The number of hydrogen-bond acceptors (Lipinski definition) is 2. The fourth-order valence-electron chi connectivity index (χ4n) is 0. The number of aliphatic hydroxyl groups is 1. The first-order valence-corrected chi connectivity index (χ1v) is 1.95. The summed E-state index contributed by atoms with van der Waals surface area (Å²) in [6.45, 7) is 1.93. The summed E-state index contributed by atoms with van der Waals surface area (Å²) in [5, 5.41) is 7.57. The van der Waals surface area contributed by atoms with Crippen molar-refractivity contribution in [3.05, 3.63) is 0 Å². The van der Waals surface area contributed by atoms with Crippen LogP contribution in [0.15, 0.2) is 0 Å². The topological polar surface area (TPSA) is 29.5 Å². The Kier molecular flexibility index (Phi) is 59.3. The third-order valence-electron chi connectivity index (χ3n) is 0. The maximum Gasteiger partial charge on any atom is 0.0832 e. The summed E-state index contributed by atoms with van der Waals surface area (Å²) in [4.78, 5) is 0. The summed E-state index contributed by atoms with van der Waals surface area (Å²) in [6, 6.07) is 0. The van der Waals surface area contributed by atoms with Crippen molar-refractivity contribution in [3.63, 3.8) is 0 Å². The van der Waals surface area contributed by atoms with Gasteiger partial charge in [-0.15, -0.1) is 0 Å². The quantitative estimate of drug-likeness (QED) is 0.684. The van der Waals surface area contributed by atoms with Crippen molar-refractivity contribution >= 4 is 23.7 Å². The third kappa shape index (κ3) is 113. The molecule has 0 rings (SSSR count). The minimum absolute atomic E-state index is 0. The van der Waals surface area contributed by atoms with Crippen LogP contribution in [0, 0.1) is 0 Å². The summed E-state index contributed by atoms with van der Waals surface area (Å²) < 4.78 is 3.19. The molecule has 0 atom stereocenters. The Morgan fingerprint density at radius 3 is 1.57 bits per heavy atom. The molecule has 0 radical (unpaired) electrons. The Balaban J connectivity index is -0.0000000400. The van der Waals surface area contributed by atoms with Gasteiger partial charge in [-0.2, -0.15) is 3.84 Å². The van der Waals surface area contributed by atoms with Crippen LogP contribution in [-0.2, 0) is 29.7 Å². The molecule has 0 saturated heterocycles. The van der Waals surface area contributed by atoms with Crippen molar-refractivity contribution in [1.82, 2.24) is 0 Å². The van der Waals surface area contributed by atoms with E-state index in [1.807, 2.05) is 0 Å². The zero-order chi connectivity index (χ0) is 5.41. The number of hydrogen-bond donors (Lipinski definition) is 1. The molecule has 44 valence electrons. The van der Waals surface area contributed by atoms with Crippen molar-refractivity contribution in [2.75, 3.05) is 6.61 Å². The summed E-state index contributed by atoms with van der Waals surface area (Å²) in [5.41, 5.74) is 0. The Labute approximate surface area is 71.9 Å². The molecule has 0 heterocycles. The second kappa shape index (κ2) is 26.3. The zero-order valence-corrected chi connectivity index (χ0v) is 8.92. The van der Waals surface area contributed by atoms with E-state index in [4.69, 9.17) is 5.11 Å². The van der Waals surface area contributed by atoms with E-state index in [-0.39, 0.29) is 32.5 Å².